The zero-order valence-electron chi connectivity index (χ0n) is 4.68. The van der Waals surface area contributed by atoms with Gasteiger partial charge in [-0.05, 0) is 0 Å². The molecule has 0 fully saturated rings. The molecule has 0 aromatic carbocycles. The van der Waals surface area contributed by atoms with Crippen molar-refractivity contribution in [2.45, 2.75) is 0 Å². The first-order valence-electron chi connectivity index (χ1n) is 2.44. The van der Waals surface area contributed by atoms with Crippen molar-refractivity contribution in [3.63, 3.8) is 0 Å². The van der Waals surface area contributed by atoms with E-state index in [2.05, 4.69) is 36.0 Å². The minimum Gasteiger partial charge on any atom is -0.345 e. The minimum absolute atomic E-state index is 0.321. The van der Waals surface area contributed by atoms with Crippen molar-refractivity contribution in [2.24, 2.45) is 0 Å². The summed E-state index contributed by atoms with van der Waals surface area (Å²) in [5, 5.41) is 13.3. The van der Waals surface area contributed by atoms with Crippen LogP contribution in [0.5, 0.6) is 0 Å². The van der Waals surface area contributed by atoms with Gasteiger partial charge in [-0.25, -0.2) is 0 Å². The highest BCUT2D eigenvalue weighted by molar-refractivity contribution is 5.45. The lowest BCUT2D eigenvalue weighted by atomic mass is 10.4. The largest absolute Gasteiger partial charge is 0.345 e. The molecule has 0 unspecified atom stereocenters. The summed E-state index contributed by atoms with van der Waals surface area (Å²) in [7, 11) is 0. The molecule has 0 spiro atoms. The van der Waals surface area contributed by atoms with Gasteiger partial charge in [0.2, 0.25) is 5.76 Å². The highest BCUT2D eigenvalue weighted by atomic mass is 16.5. The summed E-state index contributed by atoms with van der Waals surface area (Å²) in [6, 6.07) is 0. The molecule has 0 amide bonds. The van der Waals surface area contributed by atoms with Crippen molar-refractivity contribution in [1.82, 2.24) is 20.7 Å². The molecule has 0 bridgehead atoms. The van der Waals surface area contributed by atoms with Crippen LogP contribution in [-0.4, -0.2) is 20.7 Å². The van der Waals surface area contributed by atoms with Gasteiger partial charge in [0, 0.05) is 10.5 Å². The Labute approximate surface area is 54.8 Å². The molecule has 0 N–H and O–H groups in total. The summed E-state index contributed by atoms with van der Waals surface area (Å²) in [6.07, 6.45) is 3.77. The highest BCUT2D eigenvalue weighted by Crippen LogP contribution is 2.11. The summed E-state index contributed by atoms with van der Waals surface area (Å²) in [5.41, 5.74) is 0.435. The Hall–Kier alpha value is -1.72. The molecule has 6 heteroatoms. The van der Waals surface area contributed by atoms with Gasteiger partial charge in [0.05, 0.1) is 0 Å². The van der Waals surface area contributed by atoms with Crippen molar-refractivity contribution in [1.29, 1.82) is 0 Å². The SMILES string of the molecule is [c]1nnoc1-c1conn1. The van der Waals surface area contributed by atoms with Crippen molar-refractivity contribution < 1.29 is 9.05 Å². The van der Waals surface area contributed by atoms with Gasteiger partial charge in [-0.1, -0.05) is 0 Å². The van der Waals surface area contributed by atoms with Gasteiger partial charge in [0.15, 0.2) is 18.2 Å². The summed E-state index contributed by atoms with van der Waals surface area (Å²) < 4.78 is 9.04. The van der Waals surface area contributed by atoms with Crippen LogP contribution in [0.15, 0.2) is 15.3 Å². The van der Waals surface area contributed by atoms with E-state index in [9.17, 15) is 0 Å². The zero-order valence-corrected chi connectivity index (χ0v) is 4.68. The van der Waals surface area contributed by atoms with E-state index in [1.54, 1.807) is 0 Å². The Bertz CT molecular complexity index is 255. The molecule has 2 heterocycles. The predicted molar refractivity (Wildman–Crippen MR) is 26.4 cm³/mol. The van der Waals surface area contributed by atoms with E-state index in [-0.39, 0.29) is 0 Å². The minimum atomic E-state index is 0.321. The first kappa shape index (κ1) is 5.10. The molecule has 0 aliphatic rings. The van der Waals surface area contributed by atoms with E-state index in [0.29, 0.717) is 11.5 Å². The molecule has 2 rings (SSSR count). The molecule has 2 aromatic heterocycles. The molecule has 0 aliphatic heterocycles. The van der Waals surface area contributed by atoms with Crippen molar-refractivity contribution in [2.75, 3.05) is 0 Å². The first-order chi connectivity index (χ1) is 4.97. The Morgan fingerprint density at radius 2 is 2.40 bits per heavy atom. The van der Waals surface area contributed by atoms with Crippen molar-refractivity contribution in [3.05, 3.63) is 12.5 Å². The standard InChI is InChI=1S/C4HN4O2/c1-4(10-7-5-1)3-2-9-8-6-3/h2H. The van der Waals surface area contributed by atoms with Gasteiger partial charge in [-0.3, -0.25) is 0 Å². The van der Waals surface area contributed by atoms with Gasteiger partial charge in [0.25, 0.3) is 0 Å². The second-order valence-corrected chi connectivity index (χ2v) is 1.50. The van der Waals surface area contributed by atoms with Crippen LogP contribution in [-0.2, 0) is 0 Å². The summed E-state index contributed by atoms with van der Waals surface area (Å²) in [4.78, 5) is 0. The predicted octanol–water partition coefficient (Wildman–Crippen LogP) is -0.0802. The van der Waals surface area contributed by atoms with Crippen LogP contribution in [0.1, 0.15) is 0 Å². The van der Waals surface area contributed by atoms with E-state index >= 15 is 0 Å². The molecular formula is C4HN4O2. The van der Waals surface area contributed by atoms with Gasteiger partial charge < -0.3 is 9.05 Å². The average molecular weight is 137 g/mol. The fraction of sp³-hybridized carbons (Fsp3) is 0. The van der Waals surface area contributed by atoms with Crippen LogP contribution < -0.4 is 0 Å². The molecule has 10 heavy (non-hydrogen) atoms. The quantitative estimate of drug-likeness (QED) is 0.547. The van der Waals surface area contributed by atoms with Crippen LogP contribution in [0, 0.1) is 6.20 Å². The van der Waals surface area contributed by atoms with E-state index in [4.69, 9.17) is 0 Å². The average Bonchev–Trinajstić information content (AvgIpc) is 2.59. The van der Waals surface area contributed by atoms with Crippen LogP contribution in [0.3, 0.4) is 0 Å². The Balaban J connectivity index is 2.48. The molecule has 0 atom stereocenters. The molecule has 0 saturated carbocycles. The fourth-order valence-electron chi connectivity index (χ4n) is 0.515. The third-order valence-electron chi connectivity index (χ3n) is 0.917. The number of rotatable bonds is 1. The molecule has 0 aliphatic carbocycles. The van der Waals surface area contributed by atoms with E-state index in [1.165, 1.54) is 6.26 Å². The van der Waals surface area contributed by atoms with E-state index < -0.39 is 0 Å². The number of nitrogens with zero attached hydrogens (tertiary/aromatic N) is 4. The van der Waals surface area contributed by atoms with Crippen molar-refractivity contribution >= 4 is 0 Å². The van der Waals surface area contributed by atoms with Crippen LogP contribution >= 0.6 is 0 Å². The highest BCUT2D eigenvalue weighted by Gasteiger charge is 2.06. The van der Waals surface area contributed by atoms with Gasteiger partial charge >= 0.3 is 0 Å². The molecule has 0 saturated heterocycles. The molecule has 2 aromatic rings. The Morgan fingerprint density at radius 3 is 3.00 bits per heavy atom. The maximum absolute atomic E-state index is 4.60. The topological polar surface area (TPSA) is 77.8 Å². The maximum Gasteiger partial charge on any atom is 0.220 e. The number of hydrogen-bond acceptors (Lipinski definition) is 6. The third-order valence-corrected chi connectivity index (χ3v) is 0.917. The van der Waals surface area contributed by atoms with Crippen molar-refractivity contribution in [3.8, 4) is 11.5 Å². The second kappa shape index (κ2) is 1.90. The van der Waals surface area contributed by atoms with E-state index in [1.807, 2.05) is 0 Å². The first-order valence-corrected chi connectivity index (χ1v) is 2.44. The lowest BCUT2D eigenvalue weighted by molar-refractivity contribution is 0.392. The Kier molecular flexibility index (Phi) is 0.970. The third kappa shape index (κ3) is 0.661. The van der Waals surface area contributed by atoms with Gasteiger partial charge in [-0.15, -0.1) is 10.2 Å². The number of aromatic nitrogens is 4. The van der Waals surface area contributed by atoms with Crippen LogP contribution in [0.25, 0.3) is 11.5 Å². The fourth-order valence-corrected chi connectivity index (χ4v) is 0.515. The van der Waals surface area contributed by atoms with Gasteiger partial charge in [0.1, 0.15) is 0 Å². The monoisotopic (exact) mass is 137 g/mol. The number of hydrogen-bond donors (Lipinski definition) is 0. The second-order valence-electron chi connectivity index (χ2n) is 1.50. The lowest BCUT2D eigenvalue weighted by Crippen LogP contribution is -1.72. The maximum atomic E-state index is 4.60. The molecule has 1 radical (unpaired) electrons. The lowest BCUT2D eigenvalue weighted by Gasteiger charge is -1.75. The molecule has 6 nitrogen and oxygen atoms in total. The normalized spacial score (nSPS) is 10.0. The zero-order chi connectivity index (χ0) is 6.81. The summed E-state index contributed by atoms with van der Waals surface area (Å²) >= 11 is 0. The Morgan fingerprint density at radius 1 is 1.40 bits per heavy atom. The summed E-state index contributed by atoms with van der Waals surface area (Å²) in [5.74, 6) is 0.321. The smallest absolute Gasteiger partial charge is 0.220 e. The van der Waals surface area contributed by atoms with Gasteiger partial charge in [-0.2, -0.15) is 0 Å². The van der Waals surface area contributed by atoms with E-state index in [0.717, 1.165) is 0 Å². The van der Waals surface area contributed by atoms with Crippen LogP contribution in [0.4, 0.5) is 0 Å². The molecular weight excluding hydrogens is 136 g/mol. The van der Waals surface area contributed by atoms with Crippen LogP contribution in [0.2, 0.25) is 0 Å². The molecule has 49 valence electrons. The summed E-state index contributed by atoms with van der Waals surface area (Å²) in [6.45, 7) is 0.